The smallest absolute Gasteiger partial charge is 0.131 e. The van der Waals surface area contributed by atoms with Crippen molar-refractivity contribution >= 4 is 11.6 Å². The molecule has 0 radical (unpaired) electrons. The SMILES string of the molecule is CCc1nn(C)c(COc2ccc(CNC)cc2)c1Cl. The summed E-state index contributed by atoms with van der Waals surface area (Å²) >= 11 is 6.29. The van der Waals surface area contributed by atoms with Crippen LogP contribution in [0.2, 0.25) is 5.02 Å². The Labute approximate surface area is 124 Å². The van der Waals surface area contributed by atoms with Crippen molar-refractivity contribution in [1.82, 2.24) is 15.1 Å². The van der Waals surface area contributed by atoms with Gasteiger partial charge < -0.3 is 10.1 Å². The fraction of sp³-hybridized carbons (Fsp3) is 0.400. The van der Waals surface area contributed by atoms with Gasteiger partial charge in [-0.05, 0) is 31.2 Å². The molecular weight excluding hydrogens is 274 g/mol. The summed E-state index contributed by atoms with van der Waals surface area (Å²) in [6.45, 7) is 3.32. The summed E-state index contributed by atoms with van der Waals surface area (Å²) in [7, 11) is 3.82. The molecule has 0 saturated carbocycles. The Balaban J connectivity index is 2.03. The first-order valence-corrected chi connectivity index (χ1v) is 7.10. The molecule has 1 heterocycles. The van der Waals surface area contributed by atoms with Gasteiger partial charge in [0, 0.05) is 13.6 Å². The van der Waals surface area contributed by atoms with E-state index in [2.05, 4.69) is 10.4 Å². The van der Waals surface area contributed by atoms with Crippen LogP contribution in [0.1, 0.15) is 23.9 Å². The second kappa shape index (κ2) is 6.77. The van der Waals surface area contributed by atoms with Crippen LogP contribution < -0.4 is 10.1 Å². The molecule has 0 spiro atoms. The molecule has 0 aliphatic carbocycles. The van der Waals surface area contributed by atoms with E-state index in [0.29, 0.717) is 11.6 Å². The Bertz CT molecular complexity index is 563. The first-order valence-electron chi connectivity index (χ1n) is 6.72. The number of nitrogens with zero attached hydrogens (tertiary/aromatic N) is 2. The molecule has 0 aliphatic rings. The highest BCUT2D eigenvalue weighted by molar-refractivity contribution is 6.31. The zero-order valence-corrected chi connectivity index (χ0v) is 12.9. The third kappa shape index (κ3) is 3.32. The highest BCUT2D eigenvalue weighted by atomic mass is 35.5. The summed E-state index contributed by atoms with van der Waals surface area (Å²) in [5, 5.41) is 8.20. The van der Waals surface area contributed by atoms with Gasteiger partial charge in [0.25, 0.3) is 0 Å². The minimum absolute atomic E-state index is 0.424. The lowest BCUT2D eigenvalue weighted by atomic mass is 10.2. The first-order chi connectivity index (χ1) is 9.65. The number of benzene rings is 1. The van der Waals surface area contributed by atoms with Crippen LogP contribution in [-0.4, -0.2) is 16.8 Å². The van der Waals surface area contributed by atoms with Gasteiger partial charge >= 0.3 is 0 Å². The fourth-order valence-corrected chi connectivity index (χ4v) is 2.38. The quantitative estimate of drug-likeness (QED) is 0.890. The van der Waals surface area contributed by atoms with Crippen LogP contribution in [0, 0.1) is 0 Å². The van der Waals surface area contributed by atoms with E-state index in [1.165, 1.54) is 5.56 Å². The zero-order valence-electron chi connectivity index (χ0n) is 12.1. The van der Waals surface area contributed by atoms with Gasteiger partial charge in [0.05, 0.1) is 16.4 Å². The largest absolute Gasteiger partial charge is 0.487 e. The Morgan fingerprint density at radius 1 is 1.30 bits per heavy atom. The Hall–Kier alpha value is -1.52. The van der Waals surface area contributed by atoms with Crippen molar-refractivity contribution in [3.05, 3.63) is 46.2 Å². The molecule has 2 rings (SSSR count). The number of halogens is 1. The minimum atomic E-state index is 0.424. The molecule has 0 aliphatic heterocycles. The average Bonchev–Trinajstić information content (AvgIpc) is 2.73. The van der Waals surface area contributed by atoms with Gasteiger partial charge in [-0.1, -0.05) is 30.7 Å². The van der Waals surface area contributed by atoms with Crippen LogP contribution in [-0.2, 0) is 26.6 Å². The molecule has 0 bridgehead atoms. The summed E-state index contributed by atoms with van der Waals surface area (Å²) in [6.07, 6.45) is 0.825. The predicted molar refractivity (Wildman–Crippen MR) is 81.1 cm³/mol. The molecule has 0 atom stereocenters. The molecule has 4 nitrogen and oxygen atoms in total. The van der Waals surface area contributed by atoms with Crippen molar-refractivity contribution in [3.8, 4) is 5.75 Å². The number of hydrogen-bond donors (Lipinski definition) is 1. The summed E-state index contributed by atoms with van der Waals surface area (Å²) in [4.78, 5) is 0. The normalized spacial score (nSPS) is 10.8. The van der Waals surface area contributed by atoms with E-state index in [1.54, 1.807) is 4.68 Å². The maximum atomic E-state index is 6.29. The number of ether oxygens (including phenoxy) is 1. The maximum absolute atomic E-state index is 6.29. The number of nitrogens with one attached hydrogen (secondary N) is 1. The monoisotopic (exact) mass is 293 g/mol. The molecule has 1 aromatic heterocycles. The van der Waals surface area contributed by atoms with Crippen molar-refractivity contribution < 1.29 is 4.74 Å². The van der Waals surface area contributed by atoms with Crippen LogP contribution in [0.5, 0.6) is 5.75 Å². The van der Waals surface area contributed by atoms with E-state index in [4.69, 9.17) is 16.3 Å². The third-order valence-electron chi connectivity index (χ3n) is 3.18. The molecule has 1 N–H and O–H groups in total. The summed E-state index contributed by atoms with van der Waals surface area (Å²) in [5.74, 6) is 0.833. The highest BCUT2D eigenvalue weighted by Gasteiger charge is 2.13. The van der Waals surface area contributed by atoms with E-state index >= 15 is 0 Å². The van der Waals surface area contributed by atoms with E-state index in [1.807, 2.05) is 45.3 Å². The number of aromatic nitrogens is 2. The molecule has 2 aromatic rings. The van der Waals surface area contributed by atoms with Gasteiger partial charge in [0.15, 0.2) is 0 Å². The van der Waals surface area contributed by atoms with Gasteiger partial charge in [-0.25, -0.2) is 0 Å². The Morgan fingerprint density at radius 2 is 2.00 bits per heavy atom. The van der Waals surface area contributed by atoms with Crippen molar-refractivity contribution in [2.45, 2.75) is 26.5 Å². The predicted octanol–water partition coefficient (Wildman–Crippen LogP) is 2.93. The standard InChI is InChI=1S/C15H20ClN3O/c1-4-13-15(16)14(19(3)18-13)10-20-12-7-5-11(6-8-12)9-17-2/h5-8,17H,4,9-10H2,1-3H3. The van der Waals surface area contributed by atoms with Crippen LogP contribution in [0.4, 0.5) is 0 Å². The Kier molecular flexibility index (Phi) is 5.04. The van der Waals surface area contributed by atoms with Crippen molar-refractivity contribution in [2.24, 2.45) is 7.05 Å². The minimum Gasteiger partial charge on any atom is -0.487 e. The van der Waals surface area contributed by atoms with Gasteiger partial charge in [-0.2, -0.15) is 5.10 Å². The van der Waals surface area contributed by atoms with Gasteiger partial charge in [-0.15, -0.1) is 0 Å². The molecular formula is C15H20ClN3O. The second-order valence-corrected chi connectivity index (χ2v) is 5.03. The van der Waals surface area contributed by atoms with Crippen LogP contribution >= 0.6 is 11.6 Å². The van der Waals surface area contributed by atoms with E-state index in [-0.39, 0.29) is 0 Å². The van der Waals surface area contributed by atoms with Crippen molar-refractivity contribution in [2.75, 3.05) is 7.05 Å². The summed E-state index contributed by atoms with van der Waals surface area (Å²) in [6, 6.07) is 8.04. The molecule has 0 unspecified atom stereocenters. The van der Waals surface area contributed by atoms with E-state index < -0.39 is 0 Å². The third-order valence-corrected chi connectivity index (χ3v) is 3.62. The van der Waals surface area contributed by atoms with Crippen molar-refractivity contribution in [1.29, 1.82) is 0 Å². The highest BCUT2D eigenvalue weighted by Crippen LogP contribution is 2.22. The summed E-state index contributed by atoms with van der Waals surface area (Å²) in [5.41, 5.74) is 3.05. The van der Waals surface area contributed by atoms with Crippen LogP contribution in [0.25, 0.3) is 0 Å². The first kappa shape index (κ1) is 14.9. The second-order valence-electron chi connectivity index (χ2n) is 4.65. The van der Waals surface area contributed by atoms with E-state index in [0.717, 1.165) is 30.1 Å². The van der Waals surface area contributed by atoms with Gasteiger partial charge in [-0.3, -0.25) is 4.68 Å². The lowest BCUT2D eigenvalue weighted by Gasteiger charge is -2.08. The Morgan fingerprint density at radius 3 is 2.55 bits per heavy atom. The molecule has 0 amide bonds. The average molecular weight is 294 g/mol. The molecule has 1 aromatic carbocycles. The number of aryl methyl sites for hydroxylation is 2. The topological polar surface area (TPSA) is 39.1 Å². The molecule has 20 heavy (non-hydrogen) atoms. The maximum Gasteiger partial charge on any atom is 0.131 e. The van der Waals surface area contributed by atoms with E-state index in [9.17, 15) is 0 Å². The van der Waals surface area contributed by atoms with Crippen LogP contribution in [0.15, 0.2) is 24.3 Å². The molecule has 0 saturated heterocycles. The van der Waals surface area contributed by atoms with Crippen LogP contribution in [0.3, 0.4) is 0 Å². The zero-order chi connectivity index (χ0) is 14.5. The molecule has 108 valence electrons. The van der Waals surface area contributed by atoms with Gasteiger partial charge in [0.1, 0.15) is 12.4 Å². The number of hydrogen-bond acceptors (Lipinski definition) is 3. The number of rotatable bonds is 6. The fourth-order valence-electron chi connectivity index (χ4n) is 2.04. The lowest BCUT2D eigenvalue weighted by molar-refractivity contribution is 0.295. The molecule has 0 fully saturated rings. The molecule has 5 heteroatoms. The van der Waals surface area contributed by atoms with Crippen molar-refractivity contribution in [3.63, 3.8) is 0 Å². The summed E-state index contributed by atoms with van der Waals surface area (Å²) < 4.78 is 7.57. The lowest BCUT2D eigenvalue weighted by Crippen LogP contribution is -2.05. The van der Waals surface area contributed by atoms with Gasteiger partial charge in [0.2, 0.25) is 0 Å².